The van der Waals surface area contributed by atoms with Crippen LogP contribution < -0.4 is 15.4 Å². The summed E-state index contributed by atoms with van der Waals surface area (Å²) in [4.78, 5) is 0.979. The van der Waals surface area contributed by atoms with E-state index in [-0.39, 0.29) is 12.4 Å². The lowest BCUT2D eigenvalue weighted by atomic mass is 10.1. The molecule has 0 aliphatic heterocycles. The summed E-state index contributed by atoms with van der Waals surface area (Å²) in [6.45, 7) is 3.15. The van der Waals surface area contributed by atoms with Gasteiger partial charge in [0.2, 0.25) is 0 Å². The number of nitrogens with one attached hydrogen (secondary N) is 3. The summed E-state index contributed by atoms with van der Waals surface area (Å²) in [5, 5.41) is 18.7. The Morgan fingerprint density at radius 1 is 1.00 bits per heavy atom. The summed E-state index contributed by atoms with van der Waals surface area (Å²) in [6, 6.07) is 8.61. The maximum atomic E-state index is 12.6. The molecular formula is C25H29F3N6O3S. The molecular weight excluding hydrogens is 521 g/mol. The minimum atomic E-state index is -4.74. The topological polar surface area (TPSA) is 106 Å². The van der Waals surface area contributed by atoms with Crippen LogP contribution in [0.4, 0.5) is 18.9 Å². The van der Waals surface area contributed by atoms with Crippen molar-refractivity contribution in [2.75, 3.05) is 38.7 Å². The van der Waals surface area contributed by atoms with Gasteiger partial charge in [-0.2, -0.15) is 5.10 Å². The Morgan fingerprint density at radius 3 is 2.66 bits per heavy atom. The first-order chi connectivity index (χ1) is 18.4. The van der Waals surface area contributed by atoms with Crippen LogP contribution in [-0.4, -0.2) is 59.6 Å². The predicted molar refractivity (Wildman–Crippen MR) is 139 cm³/mol. The summed E-state index contributed by atoms with van der Waals surface area (Å²) < 4.78 is 56.6. The van der Waals surface area contributed by atoms with Crippen molar-refractivity contribution >= 4 is 28.1 Å². The first-order valence-corrected chi connectivity index (χ1v) is 12.8. The Hall–Kier alpha value is -3.26. The molecule has 9 nitrogen and oxygen atoms in total. The van der Waals surface area contributed by atoms with Crippen LogP contribution in [0.5, 0.6) is 5.75 Å². The SMILES string of the molecule is COCc1cc(CNCCCCOCCNc2cc(-c3cnns3)cc3[nH]ncc23)cc(OC(F)(F)F)c1. The molecule has 2 aromatic carbocycles. The molecule has 13 heteroatoms. The lowest BCUT2D eigenvalue weighted by molar-refractivity contribution is -0.274. The van der Waals surface area contributed by atoms with Crippen molar-refractivity contribution in [3.8, 4) is 16.2 Å². The first-order valence-electron chi connectivity index (χ1n) is 12.1. The maximum Gasteiger partial charge on any atom is 0.573 e. The van der Waals surface area contributed by atoms with Gasteiger partial charge in [-0.05, 0) is 71.9 Å². The Bertz CT molecular complexity index is 1280. The van der Waals surface area contributed by atoms with Crippen molar-refractivity contribution in [1.82, 2.24) is 25.1 Å². The second kappa shape index (κ2) is 13.5. The van der Waals surface area contributed by atoms with E-state index in [1.165, 1.54) is 30.8 Å². The van der Waals surface area contributed by atoms with Gasteiger partial charge < -0.3 is 24.8 Å². The minimum absolute atomic E-state index is 0.205. The van der Waals surface area contributed by atoms with Crippen LogP contribution in [0.25, 0.3) is 21.3 Å². The van der Waals surface area contributed by atoms with Crippen molar-refractivity contribution in [3.63, 3.8) is 0 Å². The number of fused-ring (bicyclic) bond motifs is 1. The van der Waals surface area contributed by atoms with E-state index in [0.717, 1.165) is 39.9 Å². The molecule has 0 unspecified atom stereocenters. The lowest BCUT2D eigenvalue weighted by Gasteiger charge is -2.13. The highest BCUT2D eigenvalue weighted by atomic mass is 32.1. The second-order valence-electron chi connectivity index (χ2n) is 8.53. The number of hydrogen-bond donors (Lipinski definition) is 3. The minimum Gasteiger partial charge on any atom is -0.406 e. The van der Waals surface area contributed by atoms with Gasteiger partial charge in [0.15, 0.2) is 0 Å². The molecule has 0 spiro atoms. The standard InChI is InChI=1S/C25H29F3N6O3S/c1-35-16-18-8-17(9-20(10-18)37-25(26,27)28)13-29-4-2-3-6-36-7-5-30-22-11-19(24-15-32-34-38-24)12-23-21(22)14-31-33-23/h8-12,14-15,29-30H,2-7,13,16H2,1H3,(H,31,33). The number of aromatic nitrogens is 4. The van der Waals surface area contributed by atoms with Crippen molar-refractivity contribution in [2.45, 2.75) is 32.4 Å². The summed E-state index contributed by atoms with van der Waals surface area (Å²) in [7, 11) is 1.49. The largest absolute Gasteiger partial charge is 0.573 e. The number of halogens is 3. The van der Waals surface area contributed by atoms with Gasteiger partial charge in [-0.3, -0.25) is 5.10 Å². The molecule has 0 saturated carbocycles. The highest BCUT2D eigenvalue weighted by Crippen LogP contribution is 2.31. The number of aromatic amines is 1. The number of H-pyrrole nitrogens is 1. The van der Waals surface area contributed by atoms with Gasteiger partial charge in [0.1, 0.15) is 5.75 Å². The number of alkyl halides is 3. The van der Waals surface area contributed by atoms with Gasteiger partial charge in [-0.25, -0.2) is 0 Å². The number of nitrogens with zero attached hydrogens (tertiary/aromatic N) is 3. The Morgan fingerprint density at radius 2 is 1.87 bits per heavy atom. The van der Waals surface area contributed by atoms with Crippen LogP contribution in [0.15, 0.2) is 42.7 Å². The van der Waals surface area contributed by atoms with E-state index in [0.29, 0.717) is 44.0 Å². The average molecular weight is 551 g/mol. The first kappa shape index (κ1) is 27.8. The van der Waals surface area contributed by atoms with Crippen molar-refractivity contribution in [3.05, 3.63) is 53.9 Å². The molecule has 0 bridgehead atoms. The monoisotopic (exact) mass is 550 g/mol. The fourth-order valence-corrected chi connectivity index (χ4v) is 4.45. The molecule has 0 radical (unpaired) electrons. The quantitative estimate of drug-likeness (QED) is 0.175. The second-order valence-corrected chi connectivity index (χ2v) is 9.31. The smallest absolute Gasteiger partial charge is 0.406 e. The molecule has 0 aliphatic rings. The molecule has 0 atom stereocenters. The van der Waals surface area contributed by atoms with Gasteiger partial charge >= 0.3 is 6.36 Å². The number of rotatable bonds is 15. The third kappa shape index (κ3) is 8.38. The molecule has 3 N–H and O–H groups in total. The summed E-state index contributed by atoms with van der Waals surface area (Å²) in [6.07, 6.45) is 0.526. The zero-order valence-corrected chi connectivity index (χ0v) is 21.6. The third-order valence-electron chi connectivity index (χ3n) is 5.56. The summed E-state index contributed by atoms with van der Waals surface area (Å²) >= 11 is 1.34. The average Bonchev–Trinajstić information content (AvgIpc) is 3.56. The molecule has 4 rings (SSSR count). The van der Waals surface area contributed by atoms with Crippen molar-refractivity contribution in [1.29, 1.82) is 0 Å². The van der Waals surface area contributed by atoms with Crippen LogP contribution in [0, 0.1) is 0 Å². The van der Waals surface area contributed by atoms with Crippen LogP contribution >= 0.6 is 11.5 Å². The highest BCUT2D eigenvalue weighted by molar-refractivity contribution is 7.09. The zero-order chi connectivity index (χ0) is 26.8. The van der Waals surface area contributed by atoms with E-state index in [4.69, 9.17) is 9.47 Å². The van der Waals surface area contributed by atoms with Crippen LogP contribution in [-0.2, 0) is 22.6 Å². The number of hydrogen-bond acceptors (Lipinski definition) is 9. The zero-order valence-electron chi connectivity index (χ0n) is 20.8. The predicted octanol–water partition coefficient (Wildman–Crippen LogP) is 5.12. The fourth-order valence-electron chi connectivity index (χ4n) is 3.95. The summed E-state index contributed by atoms with van der Waals surface area (Å²) in [5.41, 5.74) is 4.23. The fraction of sp³-hybridized carbons (Fsp3) is 0.400. The Labute approximate surface area is 221 Å². The number of methoxy groups -OCH3 is 1. The highest BCUT2D eigenvalue weighted by Gasteiger charge is 2.31. The molecule has 0 amide bonds. The van der Waals surface area contributed by atoms with Crippen molar-refractivity contribution < 1.29 is 27.4 Å². The van der Waals surface area contributed by atoms with Crippen LogP contribution in [0.2, 0.25) is 0 Å². The number of anilines is 1. The van der Waals surface area contributed by atoms with E-state index < -0.39 is 6.36 Å². The normalized spacial score (nSPS) is 11.8. The lowest BCUT2D eigenvalue weighted by Crippen LogP contribution is -2.18. The molecule has 4 aromatic rings. The molecule has 0 saturated heterocycles. The van der Waals surface area contributed by atoms with Gasteiger partial charge in [0.25, 0.3) is 0 Å². The Balaban J connectivity index is 1.13. The molecule has 2 aromatic heterocycles. The van der Waals surface area contributed by atoms with E-state index >= 15 is 0 Å². The van der Waals surface area contributed by atoms with Gasteiger partial charge in [-0.1, -0.05) is 10.6 Å². The molecule has 204 valence electrons. The van der Waals surface area contributed by atoms with Gasteiger partial charge in [0.05, 0.1) is 36.0 Å². The molecule has 0 fully saturated rings. The van der Waals surface area contributed by atoms with Crippen molar-refractivity contribution in [2.24, 2.45) is 0 Å². The number of ether oxygens (including phenoxy) is 3. The Kier molecular flexibility index (Phi) is 9.87. The number of unbranched alkanes of at least 4 members (excludes halogenated alkanes) is 1. The van der Waals surface area contributed by atoms with E-state index in [1.54, 1.807) is 18.5 Å². The molecule has 2 heterocycles. The molecule has 0 aliphatic carbocycles. The third-order valence-corrected chi connectivity index (χ3v) is 6.27. The maximum absolute atomic E-state index is 12.6. The van der Waals surface area contributed by atoms with Crippen LogP contribution in [0.3, 0.4) is 0 Å². The van der Waals surface area contributed by atoms with E-state index in [2.05, 4.69) is 41.2 Å². The molecule has 38 heavy (non-hydrogen) atoms. The number of benzene rings is 2. The van der Waals surface area contributed by atoms with E-state index in [1.807, 2.05) is 6.07 Å². The van der Waals surface area contributed by atoms with Crippen LogP contribution in [0.1, 0.15) is 24.0 Å². The van der Waals surface area contributed by atoms with Gasteiger partial charge in [-0.15, -0.1) is 18.3 Å². The van der Waals surface area contributed by atoms with E-state index in [9.17, 15) is 13.2 Å². The summed E-state index contributed by atoms with van der Waals surface area (Å²) in [5.74, 6) is -0.244. The van der Waals surface area contributed by atoms with Gasteiger partial charge in [0, 0.05) is 37.9 Å².